The van der Waals surface area contributed by atoms with Crippen LogP contribution < -0.4 is 5.32 Å². The number of hydrogen-bond donors (Lipinski definition) is 1. The van der Waals surface area contributed by atoms with E-state index in [0.717, 1.165) is 16.8 Å². The van der Waals surface area contributed by atoms with Crippen LogP contribution in [0.5, 0.6) is 0 Å². The molecule has 0 saturated heterocycles. The van der Waals surface area contributed by atoms with Crippen LogP contribution in [0.2, 0.25) is 0 Å². The molecule has 0 aliphatic carbocycles. The molecule has 3 rings (SSSR count). The Bertz CT molecular complexity index is 1040. The maximum atomic E-state index is 12.5. The average Bonchev–Trinajstić information content (AvgIpc) is 3.15. The molecule has 1 N–H and O–H groups in total. The van der Waals surface area contributed by atoms with Crippen molar-refractivity contribution in [1.82, 2.24) is 4.98 Å². The SMILES string of the molecule is CC(C)(C)c1ccc(/C=C(\C#N)C(=O)Nc2nc(-c3ccccc3)cs2)cc1. The molecule has 0 aliphatic rings. The van der Waals surface area contributed by atoms with Crippen LogP contribution in [0.1, 0.15) is 31.9 Å². The fourth-order valence-corrected chi connectivity index (χ4v) is 3.35. The Kier molecular flexibility index (Phi) is 5.72. The average molecular weight is 388 g/mol. The lowest BCUT2D eigenvalue weighted by Gasteiger charge is -2.18. The fraction of sp³-hybridized carbons (Fsp3) is 0.174. The van der Waals surface area contributed by atoms with E-state index in [4.69, 9.17) is 0 Å². The quantitative estimate of drug-likeness (QED) is 0.464. The lowest BCUT2D eigenvalue weighted by Crippen LogP contribution is -2.13. The van der Waals surface area contributed by atoms with Crippen molar-refractivity contribution < 1.29 is 4.79 Å². The van der Waals surface area contributed by atoms with Gasteiger partial charge in [-0.1, -0.05) is 75.4 Å². The highest BCUT2D eigenvalue weighted by atomic mass is 32.1. The maximum absolute atomic E-state index is 12.5. The molecule has 0 spiro atoms. The molecule has 0 bridgehead atoms. The number of nitriles is 1. The summed E-state index contributed by atoms with van der Waals surface area (Å²) in [4.78, 5) is 16.9. The van der Waals surface area contributed by atoms with Crippen LogP contribution in [-0.4, -0.2) is 10.9 Å². The third-order valence-corrected chi connectivity index (χ3v) is 5.00. The number of carbonyl (C=O) groups excluding carboxylic acids is 1. The number of hydrogen-bond acceptors (Lipinski definition) is 4. The van der Waals surface area contributed by atoms with E-state index >= 15 is 0 Å². The molecule has 0 saturated carbocycles. The summed E-state index contributed by atoms with van der Waals surface area (Å²) < 4.78 is 0. The molecule has 0 unspecified atom stereocenters. The van der Waals surface area contributed by atoms with Gasteiger partial charge in [-0.05, 0) is 22.6 Å². The van der Waals surface area contributed by atoms with Gasteiger partial charge >= 0.3 is 0 Å². The molecule has 1 heterocycles. The third-order valence-electron chi connectivity index (χ3n) is 4.25. The van der Waals surface area contributed by atoms with Gasteiger partial charge in [0.05, 0.1) is 5.69 Å². The number of amides is 1. The summed E-state index contributed by atoms with van der Waals surface area (Å²) in [6.45, 7) is 6.43. The zero-order chi connectivity index (χ0) is 20.1. The molecule has 2 aromatic carbocycles. The zero-order valence-electron chi connectivity index (χ0n) is 16.1. The number of thiazole rings is 1. The molecule has 0 fully saturated rings. The Balaban J connectivity index is 1.74. The Morgan fingerprint density at radius 3 is 2.39 bits per heavy atom. The first-order valence-electron chi connectivity index (χ1n) is 8.91. The Labute approximate surface area is 169 Å². The second-order valence-electron chi connectivity index (χ2n) is 7.40. The first kappa shape index (κ1) is 19.5. The van der Waals surface area contributed by atoms with Crippen molar-refractivity contribution in [2.75, 3.05) is 5.32 Å². The maximum Gasteiger partial charge on any atom is 0.268 e. The predicted octanol–water partition coefficient (Wildman–Crippen LogP) is 5.65. The number of nitrogens with one attached hydrogen (secondary N) is 1. The van der Waals surface area contributed by atoms with Crippen molar-refractivity contribution in [3.05, 3.63) is 76.7 Å². The molecule has 1 aromatic heterocycles. The van der Waals surface area contributed by atoms with Gasteiger partial charge in [0.2, 0.25) is 0 Å². The summed E-state index contributed by atoms with van der Waals surface area (Å²) in [5, 5.41) is 14.5. The van der Waals surface area contributed by atoms with E-state index in [-0.39, 0.29) is 11.0 Å². The van der Waals surface area contributed by atoms with E-state index < -0.39 is 5.91 Å². The van der Waals surface area contributed by atoms with Crippen LogP contribution in [0.15, 0.2) is 65.6 Å². The minimum absolute atomic E-state index is 0.0416. The minimum Gasteiger partial charge on any atom is -0.297 e. The Hall–Kier alpha value is -3.23. The number of carbonyl (C=O) groups is 1. The van der Waals surface area contributed by atoms with Gasteiger partial charge in [0, 0.05) is 10.9 Å². The number of benzene rings is 2. The molecule has 0 atom stereocenters. The molecule has 0 aliphatic heterocycles. The van der Waals surface area contributed by atoms with Gasteiger partial charge in [0.25, 0.3) is 5.91 Å². The van der Waals surface area contributed by atoms with Crippen LogP contribution in [0.3, 0.4) is 0 Å². The van der Waals surface area contributed by atoms with Gasteiger partial charge in [-0.3, -0.25) is 10.1 Å². The third kappa shape index (κ3) is 4.73. The van der Waals surface area contributed by atoms with Gasteiger partial charge in [0.1, 0.15) is 11.6 Å². The van der Waals surface area contributed by atoms with Gasteiger partial charge < -0.3 is 0 Å². The molecule has 28 heavy (non-hydrogen) atoms. The lowest BCUT2D eigenvalue weighted by atomic mass is 9.86. The van der Waals surface area contributed by atoms with Crippen molar-refractivity contribution in [1.29, 1.82) is 5.26 Å². The summed E-state index contributed by atoms with van der Waals surface area (Å²) in [5.41, 5.74) is 3.88. The van der Waals surface area contributed by atoms with E-state index in [9.17, 15) is 10.1 Å². The lowest BCUT2D eigenvalue weighted by molar-refractivity contribution is -0.112. The zero-order valence-corrected chi connectivity index (χ0v) is 16.9. The van der Waals surface area contributed by atoms with Crippen molar-refractivity contribution in [2.45, 2.75) is 26.2 Å². The van der Waals surface area contributed by atoms with Crippen molar-refractivity contribution in [2.24, 2.45) is 0 Å². The van der Waals surface area contributed by atoms with E-state index in [2.05, 4.69) is 31.1 Å². The topological polar surface area (TPSA) is 65.8 Å². The van der Waals surface area contributed by atoms with Gasteiger partial charge in [-0.2, -0.15) is 5.26 Å². The second-order valence-corrected chi connectivity index (χ2v) is 8.26. The number of aromatic nitrogens is 1. The Morgan fingerprint density at radius 1 is 1.11 bits per heavy atom. The summed E-state index contributed by atoms with van der Waals surface area (Å²) >= 11 is 1.33. The molecular weight excluding hydrogens is 366 g/mol. The van der Waals surface area contributed by atoms with Gasteiger partial charge in [-0.25, -0.2) is 4.98 Å². The minimum atomic E-state index is -0.462. The van der Waals surface area contributed by atoms with Gasteiger partial charge in [0.15, 0.2) is 5.13 Å². The fourth-order valence-electron chi connectivity index (χ4n) is 2.63. The van der Waals surface area contributed by atoms with E-state index in [1.165, 1.54) is 16.9 Å². The van der Waals surface area contributed by atoms with Crippen LogP contribution in [-0.2, 0) is 10.2 Å². The van der Waals surface area contributed by atoms with Crippen molar-refractivity contribution in [3.8, 4) is 17.3 Å². The number of nitrogens with zero attached hydrogens (tertiary/aromatic N) is 2. The normalized spacial score (nSPS) is 11.7. The number of anilines is 1. The molecule has 0 radical (unpaired) electrons. The van der Waals surface area contributed by atoms with Crippen molar-refractivity contribution >= 4 is 28.5 Å². The molecule has 4 nitrogen and oxygen atoms in total. The predicted molar refractivity (Wildman–Crippen MR) is 115 cm³/mol. The first-order chi connectivity index (χ1) is 13.4. The highest BCUT2D eigenvalue weighted by Gasteiger charge is 2.14. The molecule has 3 aromatic rings. The molecular formula is C23H21N3OS. The molecule has 5 heteroatoms. The first-order valence-corrected chi connectivity index (χ1v) is 9.79. The smallest absolute Gasteiger partial charge is 0.268 e. The standard InChI is InChI=1S/C23H21N3OS/c1-23(2,3)19-11-9-16(10-12-19)13-18(14-24)21(27)26-22-25-20(15-28-22)17-7-5-4-6-8-17/h4-13,15H,1-3H3,(H,25,26,27)/b18-13+. The van der Waals surface area contributed by atoms with Crippen LogP contribution in [0, 0.1) is 11.3 Å². The van der Waals surface area contributed by atoms with Crippen LogP contribution in [0.4, 0.5) is 5.13 Å². The van der Waals surface area contributed by atoms with Crippen LogP contribution >= 0.6 is 11.3 Å². The summed E-state index contributed by atoms with van der Waals surface area (Å²) in [6.07, 6.45) is 1.59. The molecule has 140 valence electrons. The highest BCUT2D eigenvalue weighted by Crippen LogP contribution is 2.25. The highest BCUT2D eigenvalue weighted by molar-refractivity contribution is 7.14. The van der Waals surface area contributed by atoms with E-state index in [1.807, 2.05) is 66.0 Å². The molecule has 1 amide bonds. The van der Waals surface area contributed by atoms with Crippen LogP contribution in [0.25, 0.3) is 17.3 Å². The summed E-state index contributed by atoms with van der Waals surface area (Å²) in [6, 6.07) is 19.6. The monoisotopic (exact) mass is 387 g/mol. The van der Waals surface area contributed by atoms with Crippen molar-refractivity contribution in [3.63, 3.8) is 0 Å². The second kappa shape index (κ2) is 8.20. The number of rotatable bonds is 4. The largest absolute Gasteiger partial charge is 0.297 e. The van der Waals surface area contributed by atoms with E-state index in [1.54, 1.807) is 6.08 Å². The summed E-state index contributed by atoms with van der Waals surface area (Å²) in [7, 11) is 0. The van der Waals surface area contributed by atoms with Gasteiger partial charge in [-0.15, -0.1) is 11.3 Å². The summed E-state index contributed by atoms with van der Waals surface area (Å²) in [5.74, 6) is -0.462. The van der Waals surface area contributed by atoms with E-state index in [0.29, 0.717) is 5.13 Å². The Morgan fingerprint density at radius 2 is 1.79 bits per heavy atom.